The maximum atomic E-state index is 13.9. The fourth-order valence-electron chi connectivity index (χ4n) is 3.18. The lowest BCUT2D eigenvalue weighted by molar-refractivity contribution is -0.129. The Bertz CT molecular complexity index is 923. The van der Waals surface area contributed by atoms with Crippen molar-refractivity contribution in [3.63, 3.8) is 0 Å². The zero-order valence-corrected chi connectivity index (χ0v) is 15.1. The second-order valence-corrected chi connectivity index (χ2v) is 8.74. The van der Waals surface area contributed by atoms with E-state index in [2.05, 4.69) is 0 Å². The van der Waals surface area contributed by atoms with Crippen LogP contribution >= 0.6 is 0 Å². The van der Waals surface area contributed by atoms with Crippen LogP contribution in [0.15, 0.2) is 42.5 Å². The molecule has 0 spiro atoms. The molecule has 3 rings (SSSR count). The summed E-state index contributed by atoms with van der Waals surface area (Å²) in [5.74, 6) is -3.19. The fraction of sp³-hybridized carbons (Fsp3) is 0.316. The average Bonchev–Trinajstić information content (AvgIpc) is 2.60. The van der Waals surface area contributed by atoms with Crippen molar-refractivity contribution < 1.29 is 22.0 Å². The third kappa shape index (κ3) is 3.62. The highest BCUT2D eigenvalue weighted by Gasteiger charge is 2.32. The van der Waals surface area contributed by atoms with Crippen LogP contribution in [-0.2, 0) is 27.6 Å². The second-order valence-electron chi connectivity index (χ2n) is 6.42. The maximum Gasteiger partial charge on any atom is 0.238 e. The third-order valence-electron chi connectivity index (χ3n) is 4.75. The molecule has 7 heteroatoms. The Morgan fingerprint density at radius 2 is 1.69 bits per heavy atom. The first-order chi connectivity index (χ1) is 12.3. The van der Waals surface area contributed by atoms with Crippen LogP contribution in [0.3, 0.4) is 0 Å². The largest absolute Gasteiger partial charge is 0.337 e. The highest BCUT2D eigenvalue weighted by Crippen LogP contribution is 2.28. The van der Waals surface area contributed by atoms with Gasteiger partial charge in [-0.25, -0.2) is 17.2 Å². The Labute approximate surface area is 151 Å². The molecular weight excluding hydrogens is 360 g/mol. The zero-order valence-electron chi connectivity index (χ0n) is 14.3. The molecule has 1 heterocycles. The minimum Gasteiger partial charge on any atom is -0.337 e. The van der Waals surface area contributed by atoms with Gasteiger partial charge in [-0.05, 0) is 36.6 Å². The van der Waals surface area contributed by atoms with Crippen molar-refractivity contribution in [3.05, 3.63) is 70.8 Å². The first kappa shape index (κ1) is 18.5. The van der Waals surface area contributed by atoms with Gasteiger partial charge >= 0.3 is 0 Å². The number of halogens is 2. The highest BCUT2D eigenvalue weighted by atomic mass is 32.2. The lowest BCUT2D eigenvalue weighted by atomic mass is 10.00. The summed E-state index contributed by atoms with van der Waals surface area (Å²) in [7, 11) is -4.06. The number of nitrogens with zero attached hydrogens (tertiary/aromatic N) is 1. The number of rotatable bonds is 4. The molecule has 0 aromatic heterocycles. The predicted octanol–water partition coefficient (Wildman–Crippen LogP) is 3.03. The summed E-state index contributed by atoms with van der Waals surface area (Å²) in [5, 5.41) is -1.44. The van der Waals surface area contributed by atoms with Crippen molar-refractivity contribution in [2.24, 2.45) is 0 Å². The first-order valence-corrected chi connectivity index (χ1v) is 10.0. The maximum absolute atomic E-state index is 13.9. The Balaban J connectivity index is 1.76. The molecule has 0 bridgehead atoms. The van der Waals surface area contributed by atoms with Gasteiger partial charge in [0.1, 0.15) is 17.4 Å². The van der Waals surface area contributed by atoms with Crippen LogP contribution in [-0.4, -0.2) is 31.5 Å². The number of sulfone groups is 1. The van der Waals surface area contributed by atoms with E-state index in [9.17, 15) is 22.0 Å². The van der Waals surface area contributed by atoms with Gasteiger partial charge in [0.05, 0.1) is 5.25 Å². The molecule has 4 nitrogen and oxygen atoms in total. The molecule has 0 saturated heterocycles. The van der Waals surface area contributed by atoms with Crippen LogP contribution in [0.1, 0.15) is 28.9 Å². The number of benzene rings is 2. The zero-order chi connectivity index (χ0) is 18.9. The molecule has 0 N–H and O–H groups in total. The van der Waals surface area contributed by atoms with Gasteiger partial charge in [-0.15, -0.1) is 0 Å². The van der Waals surface area contributed by atoms with Gasteiger partial charge in [0, 0.05) is 18.7 Å². The van der Waals surface area contributed by atoms with Crippen LogP contribution in [0.25, 0.3) is 0 Å². The minimum atomic E-state index is -4.06. The Morgan fingerprint density at radius 3 is 2.35 bits per heavy atom. The van der Waals surface area contributed by atoms with Gasteiger partial charge in [0.15, 0.2) is 9.84 Å². The molecule has 0 aliphatic carbocycles. The van der Waals surface area contributed by atoms with Crippen LogP contribution < -0.4 is 0 Å². The smallest absolute Gasteiger partial charge is 0.238 e. The Hall–Kier alpha value is -2.28. The van der Waals surface area contributed by atoms with E-state index in [1.54, 1.807) is 0 Å². The summed E-state index contributed by atoms with van der Waals surface area (Å²) in [4.78, 5) is 14.0. The van der Waals surface area contributed by atoms with Crippen molar-refractivity contribution in [2.45, 2.75) is 25.1 Å². The molecular formula is C19H19F2NO3S. The Morgan fingerprint density at radius 1 is 1.08 bits per heavy atom. The Kier molecular flexibility index (Phi) is 5.09. The molecule has 26 heavy (non-hydrogen) atoms. The van der Waals surface area contributed by atoms with Gasteiger partial charge in [0.2, 0.25) is 5.91 Å². The molecule has 0 saturated carbocycles. The van der Waals surface area contributed by atoms with E-state index in [-0.39, 0.29) is 0 Å². The van der Waals surface area contributed by atoms with Gasteiger partial charge < -0.3 is 4.90 Å². The summed E-state index contributed by atoms with van der Waals surface area (Å²) in [6.07, 6.45) is 0.652. The molecule has 2 aromatic carbocycles. The fourth-order valence-corrected chi connectivity index (χ4v) is 4.54. The van der Waals surface area contributed by atoms with E-state index < -0.39 is 43.9 Å². The number of fused-ring (bicyclic) bond motifs is 1. The van der Waals surface area contributed by atoms with E-state index in [1.165, 1.54) is 17.9 Å². The molecule has 1 atom stereocenters. The molecule has 2 aromatic rings. The van der Waals surface area contributed by atoms with E-state index >= 15 is 0 Å². The monoisotopic (exact) mass is 379 g/mol. The topological polar surface area (TPSA) is 54.5 Å². The summed E-state index contributed by atoms with van der Waals surface area (Å²) in [6, 6.07) is 10.9. The van der Waals surface area contributed by atoms with Crippen LogP contribution in [0, 0.1) is 11.6 Å². The molecule has 0 radical (unpaired) electrons. The normalized spacial score (nSPS) is 15.4. The summed E-state index contributed by atoms with van der Waals surface area (Å²) >= 11 is 0. The van der Waals surface area contributed by atoms with Crippen molar-refractivity contribution in [3.8, 4) is 0 Å². The molecule has 0 unspecified atom stereocenters. The van der Waals surface area contributed by atoms with E-state index in [0.29, 0.717) is 19.5 Å². The van der Waals surface area contributed by atoms with E-state index in [0.717, 1.165) is 23.3 Å². The number of carbonyl (C=O) groups is 1. The van der Waals surface area contributed by atoms with Crippen molar-refractivity contribution in [1.29, 1.82) is 0 Å². The van der Waals surface area contributed by atoms with Crippen molar-refractivity contribution in [2.75, 3.05) is 12.3 Å². The summed E-state index contributed by atoms with van der Waals surface area (Å²) < 4.78 is 52.9. The van der Waals surface area contributed by atoms with Gasteiger partial charge in [0.25, 0.3) is 0 Å². The lowest BCUT2D eigenvalue weighted by Crippen LogP contribution is -2.40. The van der Waals surface area contributed by atoms with Crippen LogP contribution in [0.5, 0.6) is 0 Å². The minimum absolute atomic E-state index is 0.340. The molecule has 1 amide bonds. The highest BCUT2D eigenvalue weighted by molar-refractivity contribution is 7.92. The number of carbonyl (C=O) groups excluding carboxylic acids is 1. The van der Waals surface area contributed by atoms with E-state index in [4.69, 9.17) is 0 Å². The summed E-state index contributed by atoms with van der Waals surface area (Å²) in [6.45, 7) is 1.97. The number of amides is 1. The average molecular weight is 379 g/mol. The van der Waals surface area contributed by atoms with Crippen LogP contribution in [0.2, 0.25) is 0 Å². The molecule has 1 aliphatic heterocycles. The van der Waals surface area contributed by atoms with Gasteiger partial charge in [-0.3, -0.25) is 4.79 Å². The van der Waals surface area contributed by atoms with E-state index in [1.807, 2.05) is 24.3 Å². The SMILES string of the molecule is C[C@@H](c1c(F)cccc1F)S(=O)(=O)CC(=O)N1CCc2ccccc2C1. The predicted molar refractivity (Wildman–Crippen MR) is 94.1 cm³/mol. The summed E-state index contributed by atoms with van der Waals surface area (Å²) in [5.41, 5.74) is 1.60. The van der Waals surface area contributed by atoms with Gasteiger partial charge in [-0.2, -0.15) is 0 Å². The van der Waals surface area contributed by atoms with Crippen molar-refractivity contribution in [1.82, 2.24) is 4.90 Å². The second kappa shape index (κ2) is 7.15. The van der Waals surface area contributed by atoms with Gasteiger partial charge in [-0.1, -0.05) is 30.3 Å². The number of hydrogen-bond acceptors (Lipinski definition) is 3. The molecule has 0 fully saturated rings. The first-order valence-electron chi connectivity index (χ1n) is 8.29. The quantitative estimate of drug-likeness (QED) is 0.821. The lowest BCUT2D eigenvalue weighted by Gasteiger charge is -2.29. The molecule has 138 valence electrons. The number of hydrogen-bond donors (Lipinski definition) is 0. The standard InChI is InChI=1S/C19H19F2NO3S/c1-13(19-16(20)7-4-8-17(19)21)26(24,25)12-18(23)22-10-9-14-5-2-3-6-15(14)11-22/h2-8,13H,9-12H2,1H3/t13-/m0/s1. The van der Waals surface area contributed by atoms with Crippen LogP contribution in [0.4, 0.5) is 8.78 Å². The van der Waals surface area contributed by atoms with Crippen molar-refractivity contribution >= 4 is 15.7 Å². The third-order valence-corrected chi connectivity index (χ3v) is 6.72. The molecule has 1 aliphatic rings.